The zero-order valence-electron chi connectivity index (χ0n) is 10.7. The fourth-order valence-corrected chi connectivity index (χ4v) is 2.23. The minimum absolute atomic E-state index is 0.0315. The first-order valence-electron chi connectivity index (χ1n) is 5.96. The Balaban J connectivity index is 2.00. The van der Waals surface area contributed by atoms with Gasteiger partial charge in [-0.2, -0.15) is 0 Å². The second kappa shape index (κ2) is 4.53. The first kappa shape index (κ1) is 12.2. The van der Waals surface area contributed by atoms with Crippen LogP contribution < -0.4 is 0 Å². The number of hydrogen-bond acceptors (Lipinski definition) is 3. The van der Waals surface area contributed by atoms with Crippen LogP contribution in [0.2, 0.25) is 0 Å². The molecule has 0 bridgehead atoms. The molecule has 2 heterocycles. The lowest BCUT2D eigenvalue weighted by Crippen LogP contribution is -2.44. The summed E-state index contributed by atoms with van der Waals surface area (Å²) in [6, 6.07) is 3.80. The van der Waals surface area contributed by atoms with Crippen LogP contribution in [0.3, 0.4) is 0 Å². The summed E-state index contributed by atoms with van der Waals surface area (Å²) in [5.74, 6) is 1.70. The number of amides is 1. The van der Waals surface area contributed by atoms with E-state index in [0.717, 1.165) is 24.4 Å². The predicted molar refractivity (Wildman–Crippen MR) is 63.5 cm³/mol. The van der Waals surface area contributed by atoms with Gasteiger partial charge in [-0.1, -0.05) is 0 Å². The Kier molecular flexibility index (Phi) is 3.24. The number of likely N-dealkylation sites (N-methyl/N-ethyl adjacent to an activating group) is 1. The quantitative estimate of drug-likeness (QED) is 0.808. The number of ether oxygens (including phenoxy) is 1. The van der Waals surface area contributed by atoms with Crippen LogP contribution in [0.5, 0.6) is 0 Å². The number of furan rings is 1. The maximum absolute atomic E-state index is 12.2. The topological polar surface area (TPSA) is 42.7 Å². The number of carbonyl (C=O) groups excluding carboxylic acids is 1. The lowest BCUT2D eigenvalue weighted by molar-refractivity contribution is -0.150. The van der Waals surface area contributed by atoms with E-state index < -0.39 is 5.60 Å². The van der Waals surface area contributed by atoms with Crippen LogP contribution in [-0.2, 0) is 16.1 Å². The largest absolute Gasteiger partial charge is 0.464 e. The minimum atomic E-state index is -0.642. The van der Waals surface area contributed by atoms with Crippen LogP contribution in [-0.4, -0.2) is 30.1 Å². The Bertz CT molecular complexity index is 405. The summed E-state index contributed by atoms with van der Waals surface area (Å²) in [5, 5.41) is 0. The summed E-state index contributed by atoms with van der Waals surface area (Å²) >= 11 is 0. The van der Waals surface area contributed by atoms with Gasteiger partial charge in [-0.25, -0.2) is 0 Å². The summed E-state index contributed by atoms with van der Waals surface area (Å²) in [5.41, 5.74) is -0.642. The number of rotatable bonds is 3. The summed E-state index contributed by atoms with van der Waals surface area (Å²) < 4.78 is 11.0. The second-order valence-corrected chi connectivity index (χ2v) is 4.86. The molecule has 0 radical (unpaired) electrons. The minimum Gasteiger partial charge on any atom is -0.464 e. The number of nitrogens with zero attached hydrogens (tertiary/aromatic N) is 1. The smallest absolute Gasteiger partial charge is 0.254 e. The van der Waals surface area contributed by atoms with E-state index in [1.54, 1.807) is 11.9 Å². The van der Waals surface area contributed by atoms with Crippen LogP contribution in [0.1, 0.15) is 31.3 Å². The SMILES string of the molecule is Cc1ccc(CN(C)C(=O)[C@@]2(C)CCCO2)o1. The van der Waals surface area contributed by atoms with E-state index in [1.165, 1.54) is 0 Å². The van der Waals surface area contributed by atoms with Gasteiger partial charge in [0.15, 0.2) is 0 Å². The molecule has 4 nitrogen and oxygen atoms in total. The fourth-order valence-electron chi connectivity index (χ4n) is 2.23. The molecule has 1 fully saturated rings. The van der Waals surface area contributed by atoms with Crippen molar-refractivity contribution in [3.63, 3.8) is 0 Å². The molecule has 0 unspecified atom stereocenters. The molecule has 1 amide bonds. The Labute approximate surface area is 102 Å². The molecule has 0 N–H and O–H groups in total. The maximum Gasteiger partial charge on any atom is 0.254 e. The molecule has 1 aromatic heterocycles. The molecule has 1 aliphatic heterocycles. The van der Waals surface area contributed by atoms with Crippen LogP contribution in [0.25, 0.3) is 0 Å². The highest BCUT2D eigenvalue weighted by Gasteiger charge is 2.39. The molecule has 0 aromatic carbocycles. The summed E-state index contributed by atoms with van der Waals surface area (Å²) in [6.07, 6.45) is 1.75. The molecule has 0 spiro atoms. The van der Waals surface area contributed by atoms with Gasteiger partial charge in [-0.3, -0.25) is 4.79 Å². The summed E-state index contributed by atoms with van der Waals surface area (Å²) in [4.78, 5) is 13.9. The van der Waals surface area contributed by atoms with Gasteiger partial charge in [0.2, 0.25) is 0 Å². The van der Waals surface area contributed by atoms with Gasteiger partial charge in [0.1, 0.15) is 17.1 Å². The summed E-state index contributed by atoms with van der Waals surface area (Å²) in [7, 11) is 1.78. The number of carbonyl (C=O) groups is 1. The molecular formula is C13H19NO3. The van der Waals surface area contributed by atoms with Crippen molar-refractivity contribution in [1.82, 2.24) is 4.90 Å². The predicted octanol–water partition coefficient (Wildman–Crippen LogP) is 2.12. The van der Waals surface area contributed by atoms with E-state index >= 15 is 0 Å². The van der Waals surface area contributed by atoms with Gasteiger partial charge in [0.25, 0.3) is 5.91 Å². The van der Waals surface area contributed by atoms with Crippen molar-refractivity contribution < 1.29 is 13.9 Å². The third kappa shape index (κ3) is 2.52. The van der Waals surface area contributed by atoms with Gasteiger partial charge in [-0.15, -0.1) is 0 Å². The van der Waals surface area contributed by atoms with Gasteiger partial charge >= 0.3 is 0 Å². The molecule has 1 atom stereocenters. The van der Waals surface area contributed by atoms with Gasteiger partial charge < -0.3 is 14.1 Å². The third-order valence-corrected chi connectivity index (χ3v) is 3.21. The van der Waals surface area contributed by atoms with E-state index in [9.17, 15) is 4.79 Å². The number of hydrogen-bond donors (Lipinski definition) is 0. The van der Waals surface area contributed by atoms with Crippen molar-refractivity contribution in [2.45, 2.75) is 38.8 Å². The second-order valence-electron chi connectivity index (χ2n) is 4.86. The van der Waals surface area contributed by atoms with Crippen molar-refractivity contribution in [3.8, 4) is 0 Å². The van der Waals surface area contributed by atoms with Crippen molar-refractivity contribution in [1.29, 1.82) is 0 Å². The Morgan fingerprint density at radius 3 is 2.82 bits per heavy atom. The first-order chi connectivity index (χ1) is 8.01. The van der Waals surface area contributed by atoms with Gasteiger partial charge in [0.05, 0.1) is 6.54 Å². The van der Waals surface area contributed by atoms with E-state index in [0.29, 0.717) is 13.2 Å². The van der Waals surface area contributed by atoms with E-state index in [2.05, 4.69) is 0 Å². The summed E-state index contributed by atoms with van der Waals surface area (Å²) in [6.45, 7) is 4.93. The molecular weight excluding hydrogens is 218 g/mol. The van der Waals surface area contributed by atoms with Crippen molar-refractivity contribution in [3.05, 3.63) is 23.7 Å². The average Bonchev–Trinajstić information content (AvgIpc) is 2.88. The monoisotopic (exact) mass is 237 g/mol. The zero-order valence-corrected chi connectivity index (χ0v) is 10.7. The number of aryl methyl sites for hydroxylation is 1. The van der Waals surface area contributed by atoms with E-state index in [-0.39, 0.29) is 5.91 Å². The average molecular weight is 237 g/mol. The molecule has 4 heteroatoms. The molecule has 1 saturated heterocycles. The van der Waals surface area contributed by atoms with Crippen molar-refractivity contribution in [2.24, 2.45) is 0 Å². The molecule has 17 heavy (non-hydrogen) atoms. The van der Waals surface area contributed by atoms with Crippen LogP contribution in [0.15, 0.2) is 16.5 Å². The normalized spacial score (nSPS) is 23.9. The lowest BCUT2D eigenvalue weighted by atomic mass is 10.0. The standard InChI is InChI=1S/C13H19NO3/c1-10-5-6-11(17-10)9-14(3)12(15)13(2)7-4-8-16-13/h5-6H,4,7-9H2,1-3H3/t13-/m1/s1. The first-order valence-corrected chi connectivity index (χ1v) is 5.96. The van der Waals surface area contributed by atoms with Crippen molar-refractivity contribution in [2.75, 3.05) is 13.7 Å². The third-order valence-electron chi connectivity index (χ3n) is 3.21. The van der Waals surface area contributed by atoms with Gasteiger partial charge in [-0.05, 0) is 38.8 Å². The molecule has 0 saturated carbocycles. The molecule has 1 aliphatic rings. The highest BCUT2D eigenvalue weighted by atomic mass is 16.5. The zero-order chi connectivity index (χ0) is 12.5. The molecule has 0 aliphatic carbocycles. The molecule has 94 valence electrons. The van der Waals surface area contributed by atoms with E-state index in [1.807, 2.05) is 26.0 Å². The molecule has 1 aromatic rings. The lowest BCUT2D eigenvalue weighted by Gasteiger charge is -2.27. The fraction of sp³-hybridized carbons (Fsp3) is 0.615. The Morgan fingerprint density at radius 2 is 2.29 bits per heavy atom. The van der Waals surface area contributed by atoms with Crippen LogP contribution >= 0.6 is 0 Å². The van der Waals surface area contributed by atoms with Gasteiger partial charge in [0, 0.05) is 13.7 Å². The maximum atomic E-state index is 12.2. The van der Waals surface area contributed by atoms with Crippen LogP contribution in [0.4, 0.5) is 0 Å². The van der Waals surface area contributed by atoms with Crippen molar-refractivity contribution >= 4 is 5.91 Å². The van der Waals surface area contributed by atoms with Crippen LogP contribution in [0, 0.1) is 6.92 Å². The molecule has 2 rings (SSSR count). The Morgan fingerprint density at radius 1 is 1.53 bits per heavy atom. The van der Waals surface area contributed by atoms with E-state index in [4.69, 9.17) is 9.15 Å². The highest BCUT2D eigenvalue weighted by molar-refractivity contribution is 5.84. The highest BCUT2D eigenvalue weighted by Crippen LogP contribution is 2.27. The Hall–Kier alpha value is -1.29.